The van der Waals surface area contributed by atoms with Gasteiger partial charge >= 0.3 is 0 Å². The average molecular weight is 857 g/mol. The Morgan fingerprint density at radius 2 is 0.850 bits per heavy atom. The van der Waals surface area contributed by atoms with Crippen LogP contribution in [-0.4, -0.2) is 99.4 Å². The molecule has 0 N–H and O–H groups in total. The predicted octanol–water partition coefficient (Wildman–Crippen LogP) is 7.49. The molecule has 4 heterocycles. The Morgan fingerprint density at radius 3 is 1.15 bits per heavy atom. The molecule has 6 fully saturated rings. The Labute approximate surface area is 358 Å². The zero-order chi connectivity index (χ0) is 42.6. The van der Waals surface area contributed by atoms with E-state index in [1.807, 2.05) is 47.9 Å². The van der Waals surface area contributed by atoms with Gasteiger partial charge < -0.3 is 9.80 Å². The van der Waals surface area contributed by atoms with E-state index in [9.17, 15) is 26.4 Å². The largest absolute Gasteiger partial charge is 0.342 e. The summed E-state index contributed by atoms with van der Waals surface area (Å²) in [6.07, 6.45) is 10.6. The fourth-order valence-corrected chi connectivity index (χ4v) is 15.9. The lowest BCUT2D eigenvalue weighted by Gasteiger charge is -2.43. The summed E-state index contributed by atoms with van der Waals surface area (Å²) in [4.78, 5) is 31.7. The second kappa shape index (κ2) is 14.6. The number of rotatable bonds is 6. The van der Waals surface area contributed by atoms with Crippen molar-refractivity contribution in [1.29, 1.82) is 0 Å². The van der Waals surface area contributed by atoms with Gasteiger partial charge in [0.15, 0.2) is 0 Å². The van der Waals surface area contributed by atoms with Crippen LogP contribution in [0.1, 0.15) is 103 Å². The molecule has 8 aliphatic rings. The maximum absolute atomic E-state index is 13.5. The summed E-state index contributed by atoms with van der Waals surface area (Å²) in [6.45, 7) is 17.9. The van der Waals surface area contributed by atoms with Gasteiger partial charge in [0.1, 0.15) is 0 Å². The maximum Gasteiger partial charge on any atom is 0.243 e. The minimum atomic E-state index is -3.54. The fourth-order valence-electron chi connectivity index (χ4n) is 12.8. The van der Waals surface area contributed by atoms with E-state index in [1.165, 1.54) is 11.1 Å². The van der Waals surface area contributed by atoms with E-state index in [-0.39, 0.29) is 45.3 Å². The normalized spacial score (nSPS) is 30.8. The third kappa shape index (κ3) is 6.94. The van der Waals surface area contributed by atoms with Crippen LogP contribution >= 0.6 is 0 Å². The monoisotopic (exact) mass is 856 g/mol. The summed E-state index contributed by atoms with van der Waals surface area (Å²) in [5.41, 5.74) is 6.54. The molecular weight excluding hydrogens is 793 g/mol. The zero-order valence-corrected chi connectivity index (χ0v) is 38.2. The highest BCUT2D eigenvalue weighted by atomic mass is 32.2. The van der Waals surface area contributed by atoms with Crippen LogP contribution < -0.4 is 0 Å². The predicted molar refractivity (Wildman–Crippen MR) is 233 cm³/mol. The molecule has 2 spiro atoms. The fraction of sp³-hybridized carbons (Fsp3) is 0.625. The van der Waals surface area contributed by atoms with E-state index in [0.717, 1.165) is 113 Å². The summed E-state index contributed by atoms with van der Waals surface area (Å²) in [5.74, 6) is 0.468. The van der Waals surface area contributed by atoms with Crippen LogP contribution in [0.5, 0.6) is 0 Å². The van der Waals surface area contributed by atoms with Gasteiger partial charge in [0, 0.05) is 63.2 Å². The topological polar surface area (TPSA) is 115 Å². The summed E-state index contributed by atoms with van der Waals surface area (Å²) in [5, 5.41) is 0. The van der Waals surface area contributed by atoms with Crippen LogP contribution in [0, 0.1) is 47.3 Å². The van der Waals surface area contributed by atoms with Crippen molar-refractivity contribution in [2.75, 3.05) is 52.4 Å². The number of amides is 2. The molecule has 4 atom stereocenters. The molecular formula is C48H64N4O6S2. The smallest absolute Gasteiger partial charge is 0.243 e. The van der Waals surface area contributed by atoms with Crippen molar-refractivity contribution in [2.45, 2.75) is 116 Å². The van der Waals surface area contributed by atoms with E-state index in [4.69, 9.17) is 0 Å². The minimum absolute atomic E-state index is 0.0473. The number of likely N-dealkylation sites (tertiary alicyclic amines) is 2. The van der Waals surface area contributed by atoms with E-state index in [2.05, 4.69) is 27.7 Å². The first kappa shape index (κ1) is 42.0. The lowest BCUT2D eigenvalue weighted by molar-refractivity contribution is -0.137. The van der Waals surface area contributed by atoms with Crippen molar-refractivity contribution in [1.82, 2.24) is 18.4 Å². The van der Waals surface area contributed by atoms with Gasteiger partial charge in [0.25, 0.3) is 0 Å². The van der Waals surface area contributed by atoms with Crippen molar-refractivity contribution in [2.24, 2.45) is 33.5 Å². The maximum atomic E-state index is 13.5. The third-order valence-electron chi connectivity index (χ3n) is 16.1. The van der Waals surface area contributed by atoms with Crippen molar-refractivity contribution in [3.05, 3.63) is 82.0 Å². The van der Waals surface area contributed by atoms with Gasteiger partial charge in [0.05, 0.1) is 21.6 Å². The van der Waals surface area contributed by atoms with Crippen LogP contribution in [0.15, 0.2) is 80.6 Å². The van der Waals surface area contributed by atoms with Crippen LogP contribution in [-0.2, 0) is 29.6 Å². The molecule has 60 heavy (non-hydrogen) atoms. The standard InChI is InChI=1S/2C24H32N2O3S/c2*1-17-6-8-19(9-7-17)30(28,29)26-14-20-18(2)21(22(27)25-12-4-5-13-25)24(10-11-24)15-23(20,3)16-26/h2*6-9,21H,4-5,10-16H2,1-3H3/t2*21-,23-/m11/s1. The highest BCUT2D eigenvalue weighted by molar-refractivity contribution is 7.89. The number of aryl methyl sites for hydroxylation is 2. The van der Waals surface area contributed by atoms with Crippen LogP contribution in [0.3, 0.4) is 0 Å². The molecule has 2 saturated carbocycles. The van der Waals surface area contributed by atoms with E-state index < -0.39 is 20.0 Å². The van der Waals surface area contributed by atoms with Gasteiger partial charge in [-0.15, -0.1) is 0 Å². The van der Waals surface area contributed by atoms with Gasteiger partial charge in [0.2, 0.25) is 31.9 Å². The number of nitrogens with zero attached hydrogens (tertiary/aromatic N) is 4. The quantitative estimate of drug-likeness (QED) is 0.279. The van der Waals surface area contributed by atoms with Crippen LogP contribution in [0.4, 0.5) is 0 Å². The summed E-state index contributed by atoms with van der Waals surface area (Å²) < 4.78 is 56.8. The van der Waals surface area contributed by atoms with Crippen molar-refractivity contribution in [3.63, 3.8) is 0 Å². The highest BCUT2D eigenvalue weighted by Crippen LogP contribution is 2.68. The van der Waals surface area contributed by atoms with Gasteiger partial charge in [-0.2, -0.15) is 8.61 Å². The number of fused-ring (bicyclic) bond motifs is 2. The van der Waals surface area contributed by atoms with Gasteiger partial charge in [-0.25, -0.2) is 16.8 Å². The molecule has 12 heteroatoms. The number of hydrogen-bond donors (Lipinski definition) is 0. The van der Waals surface area contributed by atoms with Crippen LogP contribution in [0.2, 0.25) is 0 Å². The minimum Gasteiger partial charge on any atom is -0.342 e. The number of carbonyl (C=O) groups excluding carboxylic acids is 2. The second-order valence-corrected chi connectivity index (χ2v) is 24.5. The molecule has 2 amide bonds. The molecule has 0 unspecified atom stereocenters. The number of hydrogen-bond acceptors (Lipinski definition) is 6. The molecule has 2 aromatic rings. The molecule has 324 valence electrons. The number of benzene rings is 2. The van der Waals surface area contributed by atoms with E-state index in [1.54, 1.807) is 32.9 Å². The molecule has 2 aromatic carbocycles. The first-order chi connectivity index (χ1) is 28.3. The van der Waals surface area contributed by atoms with E-state index in [0.29, 0.717) is 36.0 Å². The lowest BCUT2D eigenvalue weighted by Crippen LogP contribution is -2.44. The SMILES string of the molecule is CC1=C2CN(S(=O)(=O)c3ccc(C)cc3)C[C@@]2(C)CC2(CC2)[C@H]1C(=O)N1CCCC1.CC1=C2CN(S(=O)(=O)c3ccc(C)cc3)C[C@@]2(C)CC2(CC2)[C@H]1C(=O)N1CCCC1. The Morgan fingerprint density at radius 1 is 0.533 bits per heavy atom. The molecule has 4 aliphatic heterocycles. The molecule has 0 aromatic heterocycles. The molecule has 4 saturated heterocycles. The Kier molecular flexibility index (Phi) is 10.2. The average Bonchev–Trinajstić information content (AvgIpc) is 3.73. The zero-order valence-electron chi connectivity index (χ0n) is 36.6. The number of carbonyl (C=O) groups is 2. The first-order valence-electron chi connectivity index (χ1n) is 22.4. The Balaban J connectivity index is 0.000000154. The molecule has 10 rings (SSSR count). The van der Waals surface area contributed by atoms with Gasteiger partial charge in [-0.1, -0.05) is 60.4 Å². The van der Waals surface area contributed by atoms with E-state index >= 15 is 0 Å². The van der Waals surface area contributed by atoms with Gasteiger partial charge in [-0.3, -0.25) is 9.59 Å². The second-order valence-electron chi connectivity index (χ2n) is 20.6. The first-order valence-corrected chi connectivity index (χ1v) is 25.3. The van der Waals surface area contributed by atoms with Crippen molar-refractivity contribution in [3.8, 4) is 0 Å². The highest BCUT2D eigenvalue weighted by Gasteiger charge is 2.64. The summed E-state index contributed by atoms with van der Waals surface area (Å²) in [7, 11) is -7.08. The Hall–Kier alpha value is -3.32. The van der Waals surface area contributed by atoms with Crippen molar-refractivity contribution < 1.29 is 26.4 Å². The van der Waals surface area contributed by atoms with Crippen molar-refractivity contribution >= 4 is 31.9 Å². The van der Waals surface area contributed by atoms with Crippen LogP contribution in [0.25, 0.3) is 0 Å². The molecule has 0 radical (unpaired) electrons. The summed E-state index contributed by atoms with van der Waals surface area (Å²) >= 11 is 0. The third-order valence-corrected chi connectivity index (χ3v) is 19.7. The Bertz CT molecular complexity index is 2200. The lowest BCUT2D eigenvalue weighted by atomic mass is 9.62. The molecule has 4 aliphatic carbocycles. The molecule has 10 nitrogen and oxygen atoms in total. The summed E-state index contributed by atoms with van der Waals surface area (Å²) in [6, 6.07) is 14.2. The molecule has 0 bridgehead atoms. The number of sulfonamides is 2. The van der Waals surface area contributed by atoms with Gasteiger partial charge in [-0.05, 0) is 138 Å².